The van der Waals surface area contributed by atoms with Crippen molar-refractivity contribution in [3.05, 3.63) is 12.2 Å². The van der Waals surface area contributed by atoms with E-state index in [-0.39, 0.29) is 25.0 Å². The molecule has 2 amide bonds. The minimum absolute atomic E-state index is 0.239. The summed E-state index contributed by atoms with van der Waals surface area (Å²) in [5.41, 5.74) is 0. The fourth-order valence-corrected chi connectivity index (χ4v) is 4.00. The number of carbonyl (C=O) groups is 2. The molecule has 0 unspecified atom stereocenters. The Labute approximate surface area is 304 Å². The van der Waals surface area contributed by atoms with Gasteiger partial charge in [-0.15, -0.1) is 0 Å². The third-order valence-corrected chi connectivity index (χ3v) is 6.72. The zero-order chi connectivity index (χ0) is 36.6. The van der Waals surface area contributed by atoms with Crippen LogP contribution in [-0.4, -0.2) is 195 Å². The molecule has 0 radical (unpaired) electrons. The van der Waals surface area contributed by atoms with Crippen LogP contribution in [0.5, 0.6) is 0 Å². The average Bonchev–Trinajstić information content (AvgIpc) is 3.46. The summed E-state index contributed by atoms with van der Waals surface area (Å²) in [6, 6.07) is 0. The van der Waals surface area contributed by atoms with E-state index in [9.17, 15) is 9.59 Å². The average molecular weight is 740 g/mol. The molecule has 1 aliphatic heterocycles. The number of hydrogen-bond acceptors (Lipinski definition) is 15. The molecule has 16 nitrogen and oxygen atoms in total. The third kappa shape index (κ3) is 33.9. The first-order valence-corrected chi connectivity index (χ1v) is 18.3. The molecule has 0 aliphatic carbocycles. The van der Waals surface area contributed by atoms with E-state index >= 15 is 0 Å². The number of ether oxygens (including phenoxy) is 13. The number of carbonyl (C=O) groups excluding carboxylic acids is 2. The van der Waals surface area contributed by atoms with Crippen LogP contribution < -0.4 is 0 Å². The van der Waals surface area contributed by atoms with Crippen molar-refractivity contribution in [3.8, 4) is 0 Å². The Kier molecular flexibility index (Phi) is 36.8. The highest BCUT2D eigenvalue weighted by atomic mass is 16.6. The van der Waals surface area contributed by atoms with Crippen LogP contribution in [0.15, 0.2) is 12.2 Å². The fraction of sp³-hybridized carbons (Fsp3) is 0.886. The Hall–Kier alpha value is -1.64. The largest absolute Gasteiger partial charge is 0.379 e. The predicted octanol–water partition coefficient (Wildman–Crippen LogP) is 1.32. The van der Waals surface area contributed by atoms with Gasteiger partial charge in [-0.3, -0.25) is 14.5 Å². The number of imide groups is 1. The zero-order valence-corrected chi connectivity index (χ0v) is 30.9. The van der Waals surface area contributed by atoms with Crippen LogP contribution >= 0.6 is 0 Å². The SMILES string of the molecule is CCCCCOCCOCCOCCOCCOCCOCCOCCOCCOCCOCCOCCOCCOCCN1C(=O)C=CC1=O. The summed E-state index contributed by atoms with van der Waals surface area (Å²) >= 11 is 0. The lowest BCUT2D eigenvalue weighted by Crippen LogP contribution is -2.33. The van der Waals surface area contributed by atoms with Crippen LogP contribution in [-0.2, 0) is 71.2 Å². The van der Waals surface area contributed by atoms with Gasteiger partial charge in [0.25, 0.3) is 11.8 Å². The number of hydrogen-bond donors (Lipinski definition) is 0. The molecule has 0 spiro atoms. The highest BCUT2D eigenvalue weighted by Crippen LogP contribution is 2.02. The maximum absolute atomic E-state index is 11.4. The molecule has 0 aromatic rings. The van der Waals surface area contributed by atoms with Gasteiger partial charge < -0.3 is 61.6 Å². The predicted molar refractivity (Wildman–Crippen MR) is 186 cm³/mol. The van der Waals surface area contributed by atoms with Gasteiger partial charge in [0, 0.05) is 18.8 Å². The van der Waals surface area contributed by atoms with Crippen molar-refractivity contribution in [1.29, 1.82) is 0 Å². The highest BCUT2D eigenvalue weighted by Gasteiger charge is 2.22. The first-order chi connectivity index (χ1) is 25.3. The molecule has 0 fully saturated rings. The standard InChI is InChI=1S/C35H65NO15/c1-2-3-4-8-39-10-12-41-14-16-43-18-20-45-22-24-47-26-28-49-30-32-51-33-31-50-29-27-48-25-23-46-21-19-44-17-15-42-13-11-40-9-7-36-34(37)5-6-35(36)38/h5-6H,2-4,7-33H2,1H3. The quantitative estimate of drug-likeness (QED) is 0.0651. The van der Waals surface area contributed by atoms with Crippen LogP contribution in [0, 0.1) is 0 Å². The van der Waals surface area contributed by atoms with E-state index in [1.807, 2.05) is 0 Å². The van der Waals surface area contributed by atoms with Crippen LogP contribution in [0.25, 0.3) is 0 Å². The van der Waals surface area contributed by atoms with Crippen molar-refractivity contribution < 1.29 is 71.2 Å². The van der Waals surface area contributed by atoms with Crippen molar-refractivity contribution in [1.82, 2.24) is 4.90 Å². The summed E-state index contributed by atoms with van der Waals surface area (Å²) in [5.74, 6) is -0.614. The van der Waals surface area contributed by atoms with Gasteiger partial charge in [0.15, 0.2) is 0 Å². The van der Waals surface area contributed by atoms with E-state index in [0.717, 1.165) is 17.9 Å². The molecule has 0 N–H and O–H groups in total. The van der Waals surface area contributed by atoms with Crippen LogP contribution in [0.1, 0.15) is 26.2 Å². The lowest BCUT2D eigenvalue weighted by Gasteiger charge is -2.13. The molecule has 16 heteroatoms. The van der Waals surface area contributed by atoms with Crippen molar-refractivity contribution in [2.24, 2.45) is 0 Å². The molecule has 0 bridgehead atoms. The second kappa shape index (κ2) is 39.6. The van der Waals surface area contributed by atoms with Gasteiger partial charge in [-0.05, 0) is 6.42 Å². The Morgan fingerprint density at radius 2 is 0.549 bits per heavy atom. The lowest BCUT2D eigenvalue weighted by molar-refractivity contribution is -0.137. The van der Waals surface area contributed by atoms with Gasteiger partial charge in [-0.25, -0.2) is 0 Å². The Morgan fingerprint density at radius 1 is 0.333 bits per heavy atom. The maximum atomic E-state index is 11.4. The molecule has 1 aliphatic rings. The van der Waals surface area contributed by atoms with Gasteiger partial charge in [-0.2, -0.15) is 0 Å². The van der Waals surface area contributed by atoms with Crippen LogP contribution in [0.4, 0.5) is 0 Å². The van der Waals surface area contributed by atoms with Crippen molar-refractivity contribution in [2.75, 3.05) is 178 Å². The smallest absolute Gasteiger partial charge is 0.253 e. The molecule has 0 saturated heterocycles. The Bertz CT molecular complexity index is 774. The lowest BCUT2D eigenvalue weighted by atomic mass is 10.3. The van der Waals surface area contributed by atoms with Gasteiger partial charge in [0.1, 0.15) is 0 Å². The number of amides is 2. The summed E-state index contributed by atoms with van der Waals surface area (Å²) in [5, 5.41) is 0. The molecule has 0 aromatic heterocycles. The number of nitrogens with zero attached hydrogens (tertiary/aromatic N) is 1. The van der Waals surface area contributed by atoms with Crippen molar-refractivity contribution >= 4 is 11.8 Å². The van der Waals surface area contributed by atoms with E-state index in [2.05, 4.69) is 6.92 Å². The molecular weight excluding hydrogens is 674 g/mol. The minimum atomic E-state index is -0.307. The molecular formula is C35H65NO15. The third-order valence-electron chi connectivity index (χ3n) is 6.72. The van der Waals surface area contributed by atoms with Crippen molar-refractivity contribution in [3.63, 3.8) is 0 Å². The van der Waals surface area contributed by atoms with E-state index in [1.165, 1.54) is 25.0 Å². The van der Waals surface area contributed by atoms with Gasteiger partial charge in [0.2, 0.25) is 0 Å². The first kappa shape index (κ1) is 47.4. The van der Waals surface area contributed by atoms with E-state index in [1.54, 1.807) is 0 Å². The van der Waals surface area contributed by atoms with Crippen molar-refractivity contribution in [2.45, 2.75) is 26.2 Å². The number of unbranched alkanes of at least 4 members (excludes halogenated alkanes) is 2. The van der Waals surface area contributed by atoms with E-state index in [0.29, 0.717) is 159 Å². The van der Waals surface area contributed by atoms with Gasteiger partial charge in [-0.1, -0.05) is 19.8 Å². The molecule has 51 heavy (non-hydrogen) atoms. The van der Waals surface area contributed by atoms with Crippen LogP contribution in [0.3, 0.4) is 0 Å². The second-order valence-corrected chi connectivity index (χ2v) is 10.8. The minimum Gasteiger partial charge on any atom is -0.379 e. The molecule has 0 aromatic carbocycles. The van der Waals surface area contributed by atoms with E-state index < -0.39 is 0 Å². The van der Waals surface area contributed by atoms with E-state index in [4.69, 9.17) is 61.6 Å². The maximum Gasteiger partial charge on any atom is 0.253 e. The first-order valence-electron chi connectivity index (χ1n) is 18.3. The molecule has 1 heterocycles. The molecule has 300 valence electrons. The second-order valence-electron chi connectivity index (χ2n) is 10.8. The normalized spacial score (nSPS) is 13.0. The number of rotatable bonds is 43. The molecule has 0 atom stereocenters. The summed E-state index contributed by atoms with van der Waals surface area (Å²) in [6.07, 6.45) is 6.04. The van der Waals surface area contributed by atoms with Gasteiger partial charge in [0.05, 0.1) is 172 Å². The molecule has 1 rings (SSSR count). The Balaban J connectivity index is 1.61. The summed E-state index contributed by atoms with van der Waals surface area (Å²) in [4.78, 5) is 24.0. The summed E-state index contributed by atoms with van der Waals surface area (Å²) in [7, 11) is 0. The fourth-order valence-electron chi connectivity index (χ4n) is 4.00. The summed E-state index contributed by atoms with van der Waals surface area (Å²) in [6.45, 7) is 15.5. The monoisotopic (exact) mass is 739 g/mol. The van der Waals surface area contributed by atoms with Crippen LogP contribution in [0.2, 0.25) is 0 Å². The Morgan fingerprint density at radius 3 is 0.784 bits per heavy atom. The van der Waals surface area contributed by atoms with Gasteiger partial charge >= 0.3 is 0 Å². The topological polar surface area (TPSA) is 157 Å². The zero-order valence-electron chi connectivity index (χ0n) is 30.9. The molecule has 0 saturated carbocycles. The highest BCUT2D eigenvalue weighted by molar-refractivity contribution is 6.12. The summed E-state index contributed by atoms with van der Waals surface area (Å²) < 4.78 is 71.0.